The topological polar surface area (TPSA) is 47.9 Å². The number of aliphatic hydroxyl groups excluding tert-OH is 1. The van der Waals surface area contributed by atoms with E-state index < -0.39 is 6.29 Å². The van der Waals surface area contributed by atoms with E-state index in [1.54, 1.807) is 0 Å². The van der Waals surface area contributed by atoms with Crippen LogP contribution in [0.4, 0.5) is 0 Å². The molecule has 8 atom stereocenters. The van der Waals surface area contributed by atoms with Gasteiger partial charge in [0.25, 0.3) is 0 Å². The smallest absolute Gasteiger partial charge is 0.158 e. The van der Waals surface area contributed by atoms with Crippen molar-refractivity contribution in [3.63, 3.8) is 0 Å². The molecule has 1 N–H and O–H groups in total. The first-order chi connectivity index (χ1) is 12.6. The molecule has 0 aromatic carbocycles. The van der Waals surface area contributed by atoms with Crippen molar-refractivity contribution in [1.82, 2.24) is 0 Å². The highest BCUT2D eigenvalue weighted by molar-refractivity contribution is 5.07. The summed E-state index contributed by atoms with van der Waals surface area (Å²) in [6, 6.07) is 0. The molecule has 4 nitrogen and oxygen atoms in total. The lowest BCUT2D eigenvalue weighted by Gasteiger charge is -2.29. The normalized spacial score (nSPS) is 39.4. The van der Waals surface area contributed by atoms with Gasteiger partial charge < -0.3 is 19.3 Å². The van der Waals surface area contributed by atoms with Crippen LogP contribution in [-0.4, -0.2) is 36.5 Å². The van der Waals surface area contributed by atoms with Crippen LogP contribution in [0.25, 0.3) is 0 Å². The second-order valence-corrected chi connectivity index (χ2v) is 8.21. The van der Waals surface area contributed by atoms with E-state index in [-0.39, 0.29) is 18.5 Å². The number of fused-ring (bicyclic) bond motifs is 1. The van der Waals surface area contributed by atoms with Gasteiger partial charge in [-0.3, -0.25) is 0 Å². The molecule has 2 saturated heterocycles. The number of hydrogen-bond acceptors (Lipinski definition) is 4. The van der Waals surface area contributed by atoms with Gasteiger partial charge in [-0.15, -0.1) is 11.8 Å². The van der Waals surface area contributed by atoms with Crippen molar-refractivity contribution in [3.8, 4) is 11.8 Å². The summed E-state index contributed by atoms with van der Waals surface area (Å²) in [5, 5.41) is 9.82. The second kappa shape index (κ2) is 9.37. The number of aliphatic hydroxyl groups is 1. The standard InChI is InChI=1S/C22H34O4/c1-4-5-8-15(2)19(26-22-9-6-7-12-24-22)11-10-17-16(3)13-20-18(17)14-21(23)25-20/h10-11,15-23H,6-9,12-14H2,1-3H3/t15?,16-,17+,18-,19-,20+,21?,22?/m1/s1. The Bertz CT molecular complexity index is 528. The summed E-state index contributed by atoms with van der Waals surface area (Å²) in [6.07, 6.45) is 9.96. The third kappa shape index (κ3) is 4.89. The maximum absolute atomic E-state index is 9.82. The molecule has 0 aromatic heterocycles. The van der Waals surface area contributed by atoms with Crippen molar-refractivity contribution in [3.05, 3.63) is 12.2 Å². The van der Waals surface area contributed by atoms with E-state index in [1.165, 1.54) is 6.42 Å². The molecule has 0 amide bonds. The number of rotatable bonds is 6. The monoisotopic (exact) mass is 362 g/mol. The van der Waals surface area contributed by atoms with E-state index in [0.717, 1.165) is 38.7 Å². The third-order valence-electron chi connectivity index (χ3n) is 6.17. The number of ether oxygens (including phenoxy) is 3. The highest BCUT2D eigenvalue weighted by Crippen LogP contribution is 2.46. The molecule has 2 aliphatic heterocycles. The van der Waals surface area contributed by atoms with Crippen LogP contribution in [0.5, 0.6) is 0 Å². The van der Waals surface area contributed by atoms with Gasteiger partial charge in [-0.1, -0.05) is 26.0 Å². The van der Waals surface area contributed by atoms with Gasteiger partial charge in [0.15, 0.2) is 12.6 Å². The minimum atomic E-state index is -0.588. The second-order valence-electron chi connectivity index (χ2n) is 8.21. The van der Waals surface area contributed by atoms with Crippen LogP contribution in [0, 0.1) is 35.5 Å². The lowest BCUT2D eigenvalue weighted by atomic mass is 9.87. The van der Waals surface area contributed by atoms with Crippen molar-refractivity contribution in [1.29, 1.82) is 0 Å². The Morgan fingerprint density at radius 3 is 2.88 bits per heavy atom. The zero-order valence-electron chi connectivity index (χ0n) is 16.4. The van der Waals surface area contributed by atoms with E-state index in [1.807, 2.05) is 6.92 Å². The molecule has 1 saturated carbocycles. The van der Waals surface area contributed by atoms with E-state index in [2.05, 4.69) is 37.8 Å². The first kappa shape index (κ1) is 19.9. The predicted molar refractivity (Wildman–Crippen MR) is 101 cm³/mol. The Balaban J connectivity index is 1.66. The summed E-state index contributed by atoms with van der Waals surface area (Å²) in [5.41, 5.74) is 0. The van der Waals surface area contributed by atoms with Gasteiger partial charge in [0.1, 0.15) is 0 Å². The average molecular weight is 363 g/mol. The van der Waals surface area contributed by atoms with Gasteiger partial charge in [-0.25, -0.2) is 0 Å². The molecular formula is C22H34O4. The molecule has 2 heterocycles. The quantitative estimate of drug-likeness (QED) is 0.575. The largest absolute Gasteiger partial charge is 0.368 e. The minimum absolute atomic E-state index is 0.0115. The number of allylic oxidation sites excluding steroid dienone is 1. The molecule has 3 fully saturated rings. The van der Waals surface area contributed by atoms with Gasteiger partial charge in [-0.2, -0.15) is 0 Å². The van der Waals surface area contributed by atoms with E-state index in [4.69, 9.17) is 14.2 Å². The van der Waals surface area contributed by atoms with E-state index >= 15 is 0 Å². The van der Waals surface area contributed by atoms with Crippen LogP contribution in [0.1, 0.15) is 59.3 Å². The maximum atomic E-state index is 9.82. The zero-order chi connectivity index (χ0) is 18.5. The fraction of sp³-hybridized carbons (Fsp3) is 0.818. The molecule has 3 aliphatic rings. The lowest BCUT2D eigenvalue weighted by Crippen LogP contribution is -2.30. The fourth-order valence-electron chi connectivity index (χ4n) is 4.64. The van der Waals surface area contributed by atoms with Crippen molar-refractivity contribution in [2.75, 3.05) is 6.61 Å². The van der Waals surface area contributed by atoms with Crippen LogP contribution in [0.3, 0.4) is 0 Å². The molecule has 3 unspecified atom stereocenters. The maximum Gasteiger partial charge on any atom is 0.158 e. The van der Waals surface area contributed by atoms with Gasteiger partial charge in [-0.05, 0) is 56.3 Å². The zero-order valence-corrected chi connectivity index (χ0v) is 16.4. The third-order valence-corrected chi connectivity index (χ3v) is 6.17. The van der Waals surface area contributed by atoms with Gasteiger partial charge in [0.05, 0.1) is 12.2 Å². The molecule has 3 rings (SSSR count). The van der Waals surface area contributed by atoms with E-state index in [0.29, 0.717) is 23.7 Å². The van der Waals surface area contributed by atoms with Crippen molar-refractivity contribution in [2.45, 2.75) is 84.1 Å². The van der Waals surface area contributed by atoms with Gasteiger partial charge in [0.2, 0.25) is 0 Å². The lowest BCUT2D eigenvalue weighted by molar-refractivity contribution is -0.186. The fourth-order valence-corrected chi connectivity index (χ4v) is 4.64. The Kier molecular flexibility index (Phi) is 7.17. The van der Waals surface area contributed by atoms with Crippen molar-refractivity contribution >= 4 is 0 Å². The van der Waals surface area contributed by atoms with Crippen LogP contribution in [0.15, 0.2) is 12.2 Å². The van der Waals surface area contributed by atoms with Gasteiger partial charge in [0, 0.05) is 19.4 Å². The summed E-state index contributed by atoms with van der Waals surface area (Å²) in [4.78, 5) is 0. The Morgan fingerprint density at radius 1 is 1.31 bits per heavy atom. The highest BCUT2D eigenvalue weighted by Gasteiger charge is 2.46. The highest BCUT2D eigenvalue weighted by atomic mass is 16.7. The predicted octanol–water partition coefficient (Wildman–Crippen LogP) is 3.88. The van der Waals surface area contributed by atoms with Crippen molar-refractivity contribution in [2.24, 2.45) is 23.7 Å². The summed E-state index contributed by atoms with van der Waals surface area (Å²) >= 11 is 0. The minimum Gasteiger partial charge on any atom is -0.368 e. The molecule has 1 aliphatic carbocycles. The summed E-state index contributed by atoms with van der Waals surface area (Å²) in [7, 11) is 0. The molecule has 0 spiro atoms. The van der Waals surface area contributed by atoms with Crippen LogP contribution >= 0.6 is 0 Å². The molecule has 26 heavy (non-hydrogen) atoms. The van der Waals surface area contributed by atoms with Crippen LogP contribution < -0.4 is 0 Å². The molecule has 146 valence electrons. The molecule has 4 heteroatoms. The molecule has 0 radical (unpaired) electrons. The van der Waals surface area contributed by atoms with Crippen LogP contribution in [0.2, 0.25) is 0 Å². The molecule has 0 bridgehead atoms. The van der Waals surface area contributed by atoms with Crippen LogP contribution in [-0.2, 0) is 14.2 Å². The van der Waals surface area contributed by atoms with E-state index in [9.17, 15) is 5.11 Å². The van der Waals surface area contributed by atoms with Gasteiger partial charge >= 0.3 is 0 Å². The first-order valence-electron chi connectivity index (χ1n) is 10.3. The molecule has 0 aromatic rings. The molecular weight excluding hydrogens is 328 g/mol. The Labute approximate surface area is 158 Å². The van der Waals surface area contributed by atoms with Crippen molar-refractivity contribution < 1.29 is 19.3 Å². The Morgan fingerprint density at radius 2 is 2.15 bits per heavy atom. The average Bonchev–Trinajstić information content (AvgIpc) is 3.12. The summed E-state index contributed by atoms with van der Waals surface area (Å²) < 4.78 is 17.8. The SMILES string of the molecule is CC#CCC(C)[C@@H](C=C[C@@H]1[C@H]2CC(O)O[C@H]2C[C@H]1C)OC1CCCCO1. The summed E-state index contributed by atoms with van der Waals surface area (Å²) in [5.74, 6) is 7.94. The first-order valence-corrected chi connectivity index (χ1v) is 10.3. The summed E-state index contributed by atoms with van der Waals surface area (Å²) in [6.45, 7) is 7.16. The number of hydrogen-bond donors (Lipinski definition) is 1. The Hall–Kier alpha value is -0.860.